The van der Waals surface area contributed by atoms with Crippen molar-refractivity contribution in [2.45, 2.75) is 50.0 Å². The van der Waals surface area contributed by atoms with Gasteiger partial charge in [-0.25, -0.2) is 13.1 Å². The number of nitrogens with zero attached hydrogens (tertiary/aromatic N) is 1. The van der Waals surface area contributed by atoms with E-state index in [1.54, 1.807) is 17.0 Å². The molecule has 0 radical (unpaired) electrons. The van der Waals surface area contributed by atoms with Crippen LogP contribution >= 0.6 is 15.9 Å². The van der Waals surface area contributed by atoms with Gasteiger partial charge in [-0.1, -0.05) is 22.9 Å². The second-order valence-electron chi connectivity index (χ2n) is 6.52. The number of hydrogen-bond donors (Lipinski definition) is 1. The molecule has 1 fully saturated rings. The molecule has 2 rings (SSSR count). The van der Waals surface area contributed by atoms with E-state index in [-0.39, 0.29) is 29.8 Å². The largest absolute Gasteiger partial charge is 0.343 e. The third kappa shape index (κ3) is 5.29. The molecule has 7 heteroatoms. The van der Waals surface area contributed by atoms with Crippen LogP contribution in [0.25, 0.3) is 0 Å². The number of hydrogen-bond acceptors (Lipinski definition) is 3. The summed E-state index contributed by atoms with van der Waals surface area (Å²) in [5.41, 5.74) is 0. The molecule has 1 aromatic carbocycles. The van der Waals surface area contributed by atoms with Crippen molar-refractivity contribution in [3.05, 3.63) is 28.7 Å². The van der Waals surface area contributed by atoms with Gasteiger partial charge < -0.3 is 4.90 Å². The van der Waals surface area contributed by atoms with Crippen LogP contribution in [0.5, 0.6) is 0 Å². The van der Waals surface area contributed by atoms with Crippen molar-refractivity contribution in [1.29, 1.82) is 0 Å². The molecule has 1 aliphatic rings. The number of sulfonamides is 1. The highest BCUT2D eigenvalue weighted by Crippen LogP contribution is 2.26. The topological polar surface area (TPSA) is 66.5 Å². The summed E-state index contributed by atoms with van der Waals surface area (Å²) in [6, 6.07) is 6.71. The quantitative estimate of drug-likeness (QED) is 0.774. The van der Waals surface area contributed by atoms with Crippen molar-refractivity contribution >= 4 is 31.9 Å². The van der Waals surface area contributed by atoms with Gasteiger partial charge in [-0.05, 0) is 55.9 Å². The van der Waals surface area contributed by atoms with Crippen molar-refractivity contribution < 1.29 is 13.2 Å². The lowest BCUT2D eigenvalue weighted by molar-refractivity contribution is -0.132. The Morgan fingerprint density at radius 1 is 1.21 bits per heavy atom. The van der Waals surface area contributed by atoms with Crippen LogP contribution in [0.2, 0.25) is 0 Å². The van der Waals surface area contributed by atoms with Gasteiger partial charge in [-0.15, -0.1) is 0 Å². The molecule has 0 atom stereocenters. The smallest absolute Gasteiger partial charge is 0.240 e. The fourth-order valence-electron chi connectivity index (χ4n) is 3.00. The average molecular weight is 417 g/mol. The summed E-state index contributed by atoms with van der Waals surface area (Å²) < 4.78 is 27.7. The van der Waals surface area contributed by atoms with Gasteiger partial charge in [0, 0.05) is 30.5 Å². The summed E-state index contributed by atoms with van der Waals surface area (Å²) in [7, 11) is -1.75. The van der Waals surface area contributed by atoms with E-state index in [4.69, 9.17) is 0 Å². The number of halogens is 1. The van der Waals surface area contributed by atoms with E-state index in [0.717, 1.165) is 36.1 Å². The van der Waals surface area contributed by atoms with Gasteiger partial charge in [0.25, 0.3) is 0 Å². The van der Waals surface area contributed by atoms with Crippen molar-refractivity contribution in [2.24, 2.45) is 5.92 Å². The van der Waals surface area contributed by atoms with Gasteiger partial charge in [0.1, 0.15) is 0 Å². The van der Waals surface area contributed by atoms with Crippen molar-refractivity contribution in [3.8, 4) is 0 Å². The third-order valence-corrected chi connectivity index (χ3v) is 6.69. The number of benzene rings is 1. The summed E-state index contributed by atoms with van der Waals surface area (Å²) in [6.45, 7) is 2.36. The van der Waals surface area contributed by atoms with E-state index in [0.29, 0.717) is 0 Å². The molecule has 1 aromatic rings. The third-order valence-electron chi connectivity index (χ3n) is 4.68. The predicted octanol–water partition coefficient (Wildman–Crippen LogP) is 3.15. The molecule has 1 saturated carbocycles. The Hall–Kier alpha value is -0.920. The molecular weight excluding hydrogens is 392 g/mol. The van der Waals surface area contributed by atoms with Crippen LogP contribution in [0.3, 0.4) is 0 Å². The highest BCUT2D eigenvalue weighted by molar-refractivity contribution is 9.10. The molecular formula is C17H25BrN2O3S. The van der Waals surface area contributed by atoms with Gasteiger partial charge in [0.15, 0.2) is 0 Å². The Bertz CT molecular complexity index is 653. The molecule has 1 aliphatic carbocycles. The molecule has 0 aliphatic heterocycles. The van der Waals surface area contributed by atoms with Crippen LogP contribution in [0, 0.1) is 5.92 Å². The molecule has 0 saturated heterocycles. The van der Waals surface area contributed by atoms with Crippen molar-refractivity contribution in [2.75, 3.05) is 13.6 Å². The molecule has 0 spiro atoms. The van der Waals surface area contributed by atoms with E-state index >= 15 is 0 Å². The highest BCUT2D eigenvalue weighted by Gasteiger charge is 2.24. The van der Waals surface area contributed by atoms with Gasteiger partial charge in [0.2, 0.25) is 15.9 Å². The summed E-state index contributed by atoms with van der Waals surface area (Å²) in [4.78, 5) is 14.3. The molecule has 0 unspecified atom stereocenters. The Balaban J connectivity index is 1.82. The van der Waals surface area contributed by atoms with Gasteiger partial charge >= 0.3 is 0 Å². The monoisotopic (exact) mass is 416 g/mol. The zero-order valence-corrected chi connectivity index (χ0v) is 16.6. The van der Waals surface area contributed by atoms with Gasteiger partial charge in [-0.3, -0.25) is 4.79 Å². The minimum Gasteiger partial charge on any atom is -0.343 e. The Kier molecular flexibility index (Phi) is 6.83. The van der Waals surface area contributed by atoms with Crippen molar-refractivity contribution in [3.63, 3.8) is 0 Å². The molecule has 0 bridgehead atoms. The van der Waals surface area contributed by atoms with E-state index < -0.39 is 10.0 Å². The Labute approximate surface area is 153 Å². The van der Waals surface area contributed by atoms with Crippen LogP contribution in [-0.4, -0.2) is 38.9 Å². The maximum Gasteiger partial charge on any atom is 0.240 e. The zero-order valence-electron chi connectivity index (χ0n) is 14.2. The normalized spacial score (nSPS) is 21.5. The van der Waals surface area contributed by atoms with E-state index in [9.17, 15) is 13.2 Å². The lowest BCUT2D eigenvalue weighted by Gasteiger charge is -2.33. The summed E-state index contributed by atoms with van der Waals surface area (Å²) in [5, 5.41) is 0. The predicted molar refractivity (Wildman–Crippen MR) is 98.1 cm³/mol. The first-order chi connectivity index (χ1) is 11.3. The standard InChI is InChI=1S/C17H25BrN2O3S/c1-13-3-7-15(8-4-13)20(2)17(21)11-12-19-24(22,23)16-9-5-14(18)6-10-16/h5-6,9-10,13,15,19H,3-4,7-8,11-12H2,1-2H3. The summed E-state index contributed by atoms with van der Waals surface area (Å²) in [6.07, 6.45) is 4.55. The van der Waals surface area contributed by atoms with Crippen LogP contribution in [0.1, 0.15) is 39.0 Å². The molecule has 0 heterocycles. The number of amides is 1. The fourth-order valence-corrected chi connectivity index (χ4v) is 4.30. The molecule has 134 valence electrons. The van der Waals surface area contributed by atoms with Gasteiger partial charge in [-0.2, -0.15) is 0 Å². The first-order valence-electron chi connectivity index (χ1n) is 8.30. The Morgan fingerprint density at radius 2 is 1.79 bits per heavy atom. The van der Waals surface area contributed by atoms with Crippen LogP contribution in [0.15, 0.2) is 33.6 Å². The summed E-state index contributed by atoms with van der Waals surface area (Å²) in [5.74, 6) is 0.732. The van der Waals surface area contributed by atoms with Crippen LogP contribution in [0.4, 0.5) is 0 Å². The lowest BCUT2D eigenvalue weighted by Crippen LogP contribution is -2.40. The molecule has 1 amide bonds. The summed E-state index contributed by atoms with van der Waals surface area (Å²) >= 11 is 3.28. The van der Waals surface area contributed by atoms with Gasteiger partial charge in [0.05, 0.1) is 4.90 Å². The second-order valence-corrected chi connectivity index (χ2v) is 9.20. The maximum absolute atomic E-state index is 12.3. The molecule has 5 nitrogen and oxygen atoms in total. The lowest BCUT2D eigenvalue weighted by atomic mass is 9.86. The first-order valence-corrected chi connectivity index (χ1v) is 10.6. The number of nitrogens with one attached hydrogen (secondary N) is 1. The van der Waals surface area contributed by atoms with Crippen LogP contribution in [-0.2, 0) is 14.8 Å². The first kappa shape index (κ1) is 19.4. The molecule has 24 heavy (non-hydrogen) atoms. The minimum absolute atomic E-state index is 0.00643. The minimum atomic E-state index is -3.57. The van der Waals surface area contributed by atoms with E-state index in [1.807, 2.05) is 7.05 Å². The van der Waals surface area contributed by atoms with Crippen molar-refractivity contribution in [1.82, 2.24) is 9.62 Å². The fraction of sp³-hybridized carbons (Fsp3) is 0.588. The number of carbonyl (C=O) groups is 1. The highest BCUT2D eigenvalue weighted by atomic mass is 79.9. The van der Waals surface area contributed by atoms with E-state index in [2.05, 4.69) is 27.6 Å². The molecule has 0 aromatic heterocycles. The average Bonchev–Trinajstić information content (AvgIpc) is 2.55. The van der Waals surface area contributed by atoms with E-state index in [1.165, 1.54) is 12.1 Å². The zero-order chi connectivity index (χ0) is 17.7. The Morgan fingerprint density at radius 3 is 2.38 bits per heavy atom. The number of rotatable bonds is 6. The second kappa shape index (κ2) is 8.45. The SMILES string of the molecule is CC1CCC(N(C)C(=O)CCNS(=O)(=O)c2ccc(Br)cc2)CC1. The molecule has 1 N–H and O–H groups in total. The number of carbonyl (C=O) groups excluding carboxylic acids is 1. The maximum atomic E-state index is 12.3. The van der Waals surface area contributed by atoms with Crippen LogP contribution < -0.4 is 4.72 Å².